The molecule has 5 aliphatic carbocycles. The second-order valence-electron chi connectivity index (χ2n) is 18.3. The zero-order chi connectivity index (χ0) is 31.6. The SMILES string of the molecule is CC(C)C(=O)N1CCO[C@@H](O[C@H]2CC[C@]34C[C@]35CC[C@]3(C)C6[C@H](C)C[C@H](CN(C)C)O[C@@H]6[C@H](O)[C@@]3(C)[C@@H]5CC[C@H]4C2(C)C)C1. The zero-order valence-electron chi connectivity index (χ0n) is 29.2. The molecule has 7 heteroatoms. The van der Waals surface area contributed by atoms with Gasteiger partial charge in [-0.05, 0) is 111 Å². The third-order valence-electron chi connectivity index (χ3n) is 15.5. The molecule has 250 valence electrons. The highest BCUT2D eigenvalue weighted by Crippen LogP contribution is 2.89. The summed E-state index contributed by atoms with van der Waals surface area (Å²) in [5, 5.41) is 12.4. The molecule has 7 fully saturated rings. The van der Waals surface area contributed by atoms with Crippen molar-refractivity contribution in [1.29, 1.82) is 0 Å². The zero-order valence-corrected chi connectivity index (χ0v) is 29.2. The van der Waals surface area contributed by atoms with Gasteiger partial charge in [-0.1, -0.05) is 48.5 Å². The standard InChI is InChI=1S/C37H62N2O5/c1-22(2)32(41)39-16-17-42-28(20-39)44-27-12-13-36-21-37(36)15-14-34(6)29-23(3)18-24(19-38(8)9)43-30(29)31(40)35(34,7)26(37)11-10-25(36)33(27,4)5/h22-31,40H,10-21H2,1-9H3/t23-,24-,25+,26+,27+,28+,29?,30+,31+,34-,35-,36-,37+/m1/s1. The molecule has 2 aliphatic heterocycles. The summed E-state index contributed by atoms with van der Waals surface area (Å²) in [6, 6.07) is 0. The third kappa shape index (κ3) is 4.13. The van der Waals surface area contributed by atoms with Gasteiger partial charge in [0.05, 0.1) is 37.6 Å². The van der Waals surface area contributed by atoms with E-state index in [1.165, 1.54) is 38.5 Å². The van der Waals surface area contributed by atoms with E-state index in [-0.39, 0.29) is 52.7 Å². The average molecular weight is 615 g/mol. The smallest absolute Gasteiger partial charge is 0.225 e. The maximum Gasteiger partial charge on any atom is 0.225 e. The molecule has 1 unspecified atom stereocenters. The molecule has 7 rings (SSSR count). The van der Waals surface area contributed by atoms with Crippen LogP contribution in [0.3, 0.4) is 0 Å². The summed E-state index contributed by atoms with van der Waals surface area (Å²) in [6.45, 7) is 19.0. The highest BCUT2D eigenvalue weighted by atomic mass is 16.7. The van der Waals surface area contributed by atoms with E-state index in [1.54, 1.807) is 0 Å². The van der Waals surface area contributed by atoms with E-state index < -0.39 is 6.10 Å². The number of fused-ring (bicyclic) bond motifs is 4. The van der Waals surface area contributed by atoms with E-state index in [0.29, 0.717) is 54.2 Å². The van der Waals surface area contributed by atoms with E-state index in [0.717, 1.165) is 19.4 Å². The van der Waals surface area contributed by atoms with Gasteiger partial charge in [0.2, 0.25) is 5.91 Å². The van der Waals surface area contributed by atoms with E-state index in [4.69, 9.17) is 14.2 Å². The van der Waals surface area contributed by atoms with Crippen molar-refractivity contribution in [3.05, 3.63) is 0 Å². The first-order chi connectivity index (χ1) is 20.6. The Balaban J connectivity index is 1.11. The van der Waals surface area contributed by atoms with Crippen LogP contribution in [0.15, 0.2) is 0 Å². The molecule has 1 amide bonds. The first-order valence-electron chi connectivity index (χ1n) is 18.2. The van der Waals surface area contributed by atoms with Gasteiger partial charge in [-0.2, -0.15) is 0 Å². The van der Waals surface area contributed by atoms with E-state index >= 15 is 0 Å². The second kappa shape index (κ2) is 10.4. The second-order valence-corrected chi connectivity index (χ2v) is 18.3. The lowest BCUT2D eigenvalue weighted by atomic mass is 9.41. The molecule has 2 saturated heterocycles. The number of rotatable bonds is 5. The molecule has 0 aromatic carbocycles. The lowest BCUT2D eigenvalue weighted by Gasteiger charge is -2.64. The van der Waals surface area contributed by atoms with Gasteiger partial charge in [0.25, 0.3) is 0 Å². The number of hydrogen-bond donors (Lipinski definition) is 1. The number of morpholine rings is 1. The Morgan fingerprint density at radius 1 is 1.05 bits per heavy atom. The quantitative estimate of drug-likeness (QED) is 0.436. The summed E-state index contributed by atoms with van der Waals surface area (Å²) in [4.78, 5) is 16.9. The number of carbonyl (C=O) groups excluding carboxylic acids is 1. The Morgan fingerprint density at radius 3 is 2.45 bits per heavy atom. The minimum absolute atomic E-state index is 0.00300. The van der Waals surface area contributed by atoms with Gasteiger partial charge < -0.3 is 29.1 Å². The molecule has 2 heterocycles. The molecule has 1 N–H and O–H groups in total. The Morgan fingerprint density at radius 2 is 1.75 bits per heavy atom. The number of ether oxygens (including phenoxy) is 3. The number of amides is 1. The first kappa shape index (κ1) is 31.8. The number of nitrogens with zero attached hydrogens (tertiary/aromatic N) is 2. The fraction of sp³-hybridized carbons (Fsp3) is 0.973. The molecule has 7 nitrogen and oxygen atoms in total. The molecular weight excluding hydrogens is 552 g/mol. The normalized spacial score (nSPS) is 52.5. The number of carbonyl (C=O) groups is 1. The summed E-state index contributed by atoms with van der Waals surface area (Å²) in [5.41, 5.74) is 0.746. The summed E-state index contributed by atoms with van der Waals surface area (Å²) in [5.74, 6) is 2.37. The van der Waals surface area contributed by atoms with Crippen LogP contribution in [-0.4, -0.2) is 91.9 Å². The summed E-state index contributed by atoms with van der Waals surface area (Å²) in [6.07, 6.45) is 9.23. The average Bonchev–Trinajstić information content (AvgIpc) is 3.59. The van der Waals surface area contributed by atoms with Gasteiger partial charge in [0.1, 0.15) is 0 Å². The Labute approximate surface area is 267 Å². The van der Waals surface area contributed by atoms with Crippen molar-refractivity contribution in [3.8, 4) is 0 Å². The Hall–Kier alpha value is -0.730. The number of likely N-dealkylation sites (N-methyl/N-ethyl adjacent to an activating group) is 1. The number of aliphatic hydroxyl groups is 1. The lowest BCUT2D eigenvalue weighted by molar-refractivity contribution is -0.248. The van der Waals surface area contributed by atoms with E-state index in [2.05, 4.69) is 53.6 Å². The van der Waals surface area contributed by atoms with Crippen LogP contribution in [0.25, 0.3) is 0 Å². The van der Waals surface area contributed by atoms with Crippen LogP contribution in [0, 0.1) is 56.7 Å². The van der Waals surface area contributed by atoms with Crippen LogP contribution in [-0.2, 0) is 19.0 Å². The summed E-state index contributed by atoms with van der Waals surface area (Å²) < 4.78 is 19.8. The fourth-order valence-electron chi connectivity index (χ4n) is 13.6. The van der Waals surface area contributed by atoms with Crippen LogP contribution in [0.1, 0.15) is 99.8 Å². The van der Waals surface area contributed by atoms with Gasteiger partial charge in [-0.3, -0.25) is 4.79 Å². The van der Waals surface area contributed by atoms with Gasteiger partial charge >= 0.3 is 0 Å². The summed E-state index contributed by atoms with van der Waals surface area (Å²) >= 11 is 0. The molecule has 13 atom stereocenters. The van der Waals surface area contributed by atoms with Crippen molar-refractivity contribution in [2.75, 3.05) is 40.3 Å². The van der Waals surface area contributed by atoms with Gasteiger partial charge in [-0.25, -0.2) is 0 Å². The Kier molecular flexibility index (Phi) is 7.52. The monoisotopic (exact) mass is 614 g/mol. The molecule has 7 aliphatic rings. The van der Waals surface area contributed by atoms with E-state index in [1.807, 2.05) is 18.7 Å². The van der Waals surface area contributed by atoms with Crippen molar-refractivity contribution in [3.63, 3.8) is 0 Å². The molecule has 0 bridgehead atoms. The maximum atomic E-state index is 12.7. The maximum absolute atomic E-state index is 12.7. The minimum atomic E-state index is -0.395. The fourth-order valence-corrected chi connectivity index (χ4v) is 13.6. The first-order valence-corrected chi connectivity index (χ1v) is 18.2. The van der Waals surface area contributed by atoms with Crippen molar-refractivity contribution in [1.82, 2.24) is 9.80 Å². The predicted octanol–water partition coefficient (Wildman–Crippen LogP) is 5.59. The molecule has 2 spiro atoms. The third-order valence-corrected chi connectivity index (χ3v) is 15.5. The minimum Gasteiger partial charge on any atom is -0.390 e. The Bertz CT molecular complexity index is 1140. The number of hydrogen-bond acceptors (Lipinski definition) is 6. The highest BCUT2D eigenvalue weighted by Gasteiger charge is 2.84. The molecule has 0 radical (unpaired) electrons. The molecule has 5 saturated carbocycles. The van der Waals surface area contributed by atoms with Gasteiger partial charge in [-0.15, -0.1) is 0 Å². The van der Waals surface area contributed by atoms with Gasteiger partial charge in [0.15, 0.2) is 6.29 Å². The highest BCUT2D eigenvalue weighted by molar-refractivity contribution is 5.78. The predicted molar refractivity (Wildman–Crippen MR) is 171 cm³/mol. The van der Waals surface area contributed by atoms with E-state index in [9.17, 15) is 9.90 Å². The van der Waals surface area contributed by atoms with Crippen molar-refractivity contribution in [2.24, 2.45) is 56.7 Å². The van der Waals surface area contributed by atoms with Gasteiger partial charge in [0, 0.05) is 24.4 Å². The largest absolute Gasteiger partial charge is 0.390 e. The van der Waals surface area contributed by atoms with Crippen LogP contribution in [0.5, 0.6) is 0 Å². The van der Waals surface area contributed by atoms with Crippen LogP contribution in [0.2, 0.25) is 0 Å². The molecule has 0 aromatic rings. The van der Waals surface area contributed by atoms with Crippen LogP contribution < -0.4 is 0 Å². The van der Waals surface area contributed by atoms with Crippen molar-refractivity contribution >= 4 is 5.91 Å². The molecule has 0 aromatic heterocycles. The molecular formula is C37H62N2O5. The lowest BCUT2D eigenvalue weighted by Crippen LogP contribution is -2.60. The topological polar surface area (TPSA) is 71.5 Å². The van der Waals surface area contributed by atoms with Crippen LogP contribution >= 0.6 is 0 Å². The summed E-state index contributed by atoms with van der Waals surface area (Å²) in [7, 11) is 4.27. The van der Waals surface area contributed by atoms with Crippen molar-refractivity contribution in [2.45, 2.75) is 131 Å². The van der Waals surface area contributed by atoms with Crippen LogP contribution in [0.4, 0.5) is 0 Å². The number of aliphatic hydroxyl groups excluding tert-OH is 1. The molecule has 44 heavy (non-hydrogen) atoms. The van der Waals surface area contributed by atoms with Crippen molar-refractivity contribution < 1.29 is 24.1 Å².